The highest BCUT2D eigenvalue weighted by atomic mass is 15.2. The molecule has 3 rings (SSSR count). The van der Waals surface area contributed by atoms with Crippen LogP contribution in [0.15, 0.2) is 41.2 Å². The van der Waals surface area contributed by atoms with E-state index in [1.165, 1.54) is 44.6 Å². The van der Waals surface area contributed by atoms with Crippen molar-refractivity contribution < 1.29 is 0 Å². The molecule has 0 aliphatic carbocycles. The minimum atomic E-state index is 0.669. The molecule has 0 amide bonds. The van der Waals surface area contributed by atoms with Gasteiger partial charge in [0.05, 0.1) is 0 Å². The molecular weight excluding hydrogens is 234 g/mol. The molecule has 102 valence electrons. The van der Waals surface area contributed by atoms with E-state index in [1.807, 2.05) is 0 Å². The van der Waals surface area contributed by atoms with Crippen LogP contribution >= 0.6 is 0 Å². The van der Waals surface area contributed by atoms with Crippen molar-refractivity contribution in [1.82, 2.24) is 9.80 Å². The van der Waals surface area contributed by atoms with Crippen LogP contribution in [-0.4, -0.2) is 41.8 Å². The molecule has 3 heteroatoms. The minimum Gasteiger partial charge on any atom is -0.329 e. The number of fused-ring (bicyclic) bond motifs is 1. The van der Waals surface area contributed by atoms with Crippen molar-refractivity contribution in [3.05, 3.63) is 36.2 Å². The van der Waals surface area contributed by atoms with E-state index in [0.29, 0.717) is 5.92 Å². The molecule has 0 aromatic rings. The molecule has 0 saturated carbocycles. The van der Waals surface area contributed by atoms with Crippen LogP contribution in [0, 0.1) is 5.92 Å². The van der Waals surface area contributed by atoms with Crippen LogP contribution in [0.2, 0.25) is 0 Å². The molecule has 3 aliphatic heterocycles. The lowest BCUT2D eigenvalue weighted by Gasteiger charge is -2.34. The lowest BCUT2D eigenvalue weighted by atomic mass is 9.92. The fraction of sp³-hybridized carbons (Fsp3) is 0.562. The van der Waals surface area contributed by atoms with Gasteiger partial charge < -0.3 is 9.80 Å². The van der Waals surface area contributed by atoms with Gasteiger partial charge in [-0.3, -0.25) is 0 Å². The normalized spacial score (nSPS) is 24.2. The molecule has 0 unspecified atom stereocenters. The van der Waals surface area contributed by atoms with Gasteiger partial charge in [-0.25, -0.2) is 4.99 Å². The summed E-state index contributed by atoms with van der Waals surface area (Å²) in [7, 11) is 0. The second-order valence-corrected chi connectivity index (χ2v) is 5.57. The lowest BCUT2D eigenvalue weighted by molar-refractivity contribution is 0.198. The molecular formula is C16H23N3. The Labute approximate surface area is 116 Å². The predicted molar refractivity (Wildman–Crippen MR) is 80.0 cm³/mol. The standard InChI is InChI=1S/C16H23N3/c1-2-9-18-11-6-14(7-12-18)15-8-13-19-10-4-3-5-16(19)17-15/h3-5,8,10,14H,2,6-7,9,11-13H2,1H3. The fourth-order valence-corrected chi connectivity index (χ4v) is 3.12. The Morgan fingerprint density at radius 3 is 2.89 bits per heavy atom. The zero-order valence-electron chi connectivity index (χ0n) is 11.8. The highest BCUT2D eigenvalue weighted by molar-refractivity contribution is 5.96. The molecule has 19 heavy (non-hydrogen) atoms. The summed E-state index contributed by atoms with van der Waals surface area (Å²) in [5.41, 5.74) is 1.32. The van der Waals surface area contributed by atoms with Gasteiger partial charge in [0.2, 0.25) is 0 Å². The second kappa shape index (κ2) is 5.74. The maximum Gasteiger partial charge on any atom is 0.133 e. The molecule has 0 N–H and O–H groups in total. The molecule has 1 fully saturated rings. The van der Waals surface area contributed by atoms with E-state index in [1.54, 1.807) is 0 Å². The Morgan fingerprint density at radius 2 is 2.11 bits per heavy atom. The maximum absolute atomic E-state index is 4.85. The number of aliphatic imine (C=N–C) groups is 1. The smallest absolute Gasteiger partial charge is 0.133 e. The number of allylic oxidation sites excluding steroid dienone is 3. The Bertz CT molecular complexity index is 437. The van der Waals surface area contributed by atoms with Gasteiger partial charge in [0.1, 0.15) is 5.84 Å². The molecule has 3 aliphatic rings. The highest BCUT2D eigenvalue weighted by Crippen LogP contribution is 2.28. The van der Waals surface area contributed by atoms with Crippen molar-refractivity contribution in [2.75, 3.05) is 26.2 Å². The van der Waals surface area contributed by atoms with Crippen LogP contribution in [0.3, 0.4) is 0 Å². The van der Waals surface area contributed by atoms with Crippen LogP contribution in [0.5, 0.6) is 0 Å². The number of rotatable bonds is 3. The Kier molecular flexibility index (Phi) is 3.83. The van der Waals surface area contributed by atoms with E-state index in [2.05, 4.69) is 47.2 Å². The van der Waals surface area contributed by atoms with Crippen molar-refractivity contribution in [2.24, 2.45) is 10.9 Å². The average Bonchev–Trinajstić information content (AvgIpc) is 2.48. The van der Waals surface area contributed by atoms with Gasteiger partial charge in [-0.2, -0.15) is 0 Å². The summed E-state index contributed by atoms with van der Waals surface area (Å²) in [6.45, 7) is 6.96. The van der Waals surface area contributed by atoms with Gasteiger partial charge in [0.15, 0.2) is 0 Å². The third kappa shape index (κ3) is 2.81. The number of likely N-dealkylation sites (tertiary alicyclic amines) is 1. The van der Waals surface area contributed by atoms with Crippen molar-refractivity contribution in [3.63, 3.8) is 0 Å². The Hall–Kier alpha value is -1.35. The van der Waals surface area contributed by atoms with E-state index in [0.717, 1.165) is 12.4 Å². The molecule has 1 saturated heterocycles. The number of nitrogens with zero attached hydrogens (tertiary/aromatic N) is 3. The van der Waals surface area contributed by atoms with Crippen LogP contribution in [0.1, 0.15) is 26.2 Å². The average molecular weight is 257 g/mol. The van der Waals surface area contributed by atoms with Crippen molar-refractivity contribution >= 4 is 5.84 Å². The largest absolute Gasteiger partial charge is 0.329 e. The topological polar surface area (TPSA) is 18.8 Å². The summed E-state index contributed by atoms with van der Waals surface area (Å²) >= 11 is 0. The highest BCUT2D eigenvalue weighted by Gasteiger charge is 2.24. The van der Waals surface area contributed by atoms with Crippen LogP contribution in [0.25, 0.3) is 0 Å². The molecule has 0 spiro atoms. The third-order valence-electron chi connectivity index (χ3n) is 4.20. The first-order valence-corrected chi connectivity index (χ1v) is 7.49. The molecule has 0 atom stereocenters. The Morgan fingerprint density at radius 1 is 1.26 bits per heavy atom. The Balaban J connectivity index is 1.62. The second-order valence-electron chi connectivity index (χ2n) is 5.57. The van der Waals surface area contributed by atoms with Gasteiger partial charge in [-0.1, -0.05) is 13.0 Å². The monoisotopic (exact) mass is 257 g/mol. The third-order valence-corrected chi connectivity index (χ3v) is 4.20. The van der Waals surface area contributed by atoms with Gasteiger partial charge in [0, 0.05) is 24.4 Å². The summed E-state index contributed by atoms with van der Waals surface area (Å²) in [5, 5.41) is 0. The van der Waals surface area contributed by atoms with Crippen molar-refractivity contribution in [1.29, 1.82) is 0 Å². The number of hydrogen-bond donors (Lipinski definition) is 0. The summed E-state index contributed by atoms with van der Waals surface area (Å²) in [6.07, 6.45) is 14.5. The molecule has 0 aromatic carbocycles. The number of piperidine rings is 1. The van der Waals surface area contributed by atoms with E-state index in [-0.39, 0.29) is 0 Å². The summed E-state index contributed by atoms with van der Waals surface area (Å²) in [4.78, 5) is 9.64. The van der Waals surface area contributed by atoms with Crippen LogP contribution in [-0.2, 0) is 0 Å². The van der Waals surface area contributed by atoms with Crippen molar-refractivity contribution in [3.8, 4) is 0 Å². The molecule has 0 aromatic heterocycles. The van der Waals surface area contributed by atoms with Crippen LogP contribution in [0.4, 0.5) is 0 Å². The summed E-state index contributed by atoms with van der Waals surface area (Å²) in [6, 6.07) is 0. The number of hydrogen-bond acceptors (Lipinski definition) is 3. The fourth-order valence-electron chi connectivity index (χ4n) is 3.12. The van der Waals surface area contributed by atoms with Crippen LogP contribution < -0.4 is 0 Å². The van der Waals surface area contributed by atoms with Gasteiger partial charge in [-0.15, -0.1) is 0 Å². The lowest BCUT2D eigenvalue weighted by Crippen LogP contribution is -2.36. The first-order chi connectivity index (χ1) is 9.36. The zero-order chi connectivity index (χ0) is 13.1. The molecule has 0 bridgehead atoms. The van der Waals surface area contributed by atoms with E-state index in [4.69, 9.17) is 4.99 Å². The quantitative estimate of drug-likeness (QED) is 0.774. The SMILES string of the molecule is CCCN1CCC(C2=CCN3C=CC=CC3=N2)CC1. The first kappa shape index (κ1) is 12.7. The molecule has 3 heterocycles. The van der Waals surface area contributed by atoms with E-state index in [9.17, 15) is 0 Å². The minimum absolute atomic E-state index is 0.669. The molecule has 0 radical (unpaired) electrons. The van der Waals surface area contributed by atoms with Gasteiger partial charge >= 0.3 is 0 Å². The first-order valence-electron chi connectivity index (χ1n) is 7.49. The molecule has 3 nitrogen and oxygen atoms in total. The van der Waals surface area contributed by atoms with Gasteiger partial charge in [-0.05, 0) is 57.1 Å². The maximum atomic E-state index is 4.85. The van der Waals surface area contributed by atoms with Crippen molar-refractivity contribution in [2.45, 2.75) is 26.2 Å². The van der Waals surface area contributed by atoms with E-state index >= 15 is 0 Å². The predicted octanol–water partition coefficient (Wildman–Crippen LogP) is 2.79. The van der Waals surface area contributed by atoms with E-state index < -0.39 is 0 Å². The summed E-state index contributed by atoms with van der Waals surface area (Å²) in [5.74, 6) is 1.78. The zero-order valence-corrected chi connectivity index (χ0v) is 11.8. The van der Waals surface area contributed by atoms with Gasteiger partial charge in [0.25, 0.3) is 0 Å². The summed E-state index contributed by atoms with van der Waals surface area (Å²) < 4.78 is 0. The number of amidine groups is 1.